The third-order valence-corrected chi connectivity index (χ3v) is 2.69. The third-order valence-electron chi connectivity index (χ3n) is 2.69. The number of rotatable bonds is 4. The van der Waals surface area contributed by atoms with Crippen molar-refractivity contribution >= 4 is 5.91 Å². The minimum Gasteiger partial charge on any atom is -0.349 e. The van der Waals surface area contributed by atoms with Crippen LogP contribution < -0.4 is 5.32 Å². The summed E-state index contributed by atoms with van der Waals surface area (Å²) in [7, 11) is 0. The maximum Gasteiger partial charge on any atom is 0.254 e. The predicted octanol–water partition coefficient (Wildman–Crippen LogP) is 3.05. The normalized spacial score (nSPS) is 10.6. The molecule has 2 nitrogen and oxygen atoms in total. The van der Waals surface area contributed by atoms with E-state index in [0.717, 1.165) is 18.4 Å². The van der Waals surface area contributed by atoms with E-state index in [2.05, 4.69) is 5.32 Å². The van der Waals surface area contributed by atoms with Crippen LogP contribution in [0.25, 0.3) is 0 Å². The zero-order valence-electron chi connectivity index (χ0n) is 10.0. The van der Waals surface area contributed by atoms with E-state index in [-0.39, 0.29) is 17.5 Å². The molecule has 0 heterocycles. The first-order valence-electron chi connectivity index (χ1n) is 5.65. The van der Waals surface area contributed by atoms with Crippen LogP contribution in [0.15, 0.2) is 18.2 Å². The molecule has 1 aromatic carbocycles. The van der Waals surface area contributed by atoms with E-state index in [1.54, 1.807) is 12.1 Å². The summed E-state index contributed by atoms with van der Waals surface area (Å²) in [5.74, 6) is -0.788. The standard InChI is InChI=1S/C13H18FNO/c1-4-10(5-2)15-13(16)11-8-9(3)6-7-12(11)14/h6-8,10H,4-5H2,1-3H3,(H,15,16). The molecular weight excluding hydrogens is 205 g/mol. The quantitative estimate of drug-likeness (QED) is 0.835. The molecule has 0 atom stereocenters. The number of nitrogens with one attached hydrogen (secondary N) is 1. The molecule has 1 rings (SSSR count). The molecule has 88 valence electrons. The van der Waals surface area contributed by atoms with E-state index < -0.39 is 5.82 Å². The first-order valence-corrected chi connectivity index (χ1v) is 5.65. The lowest BCUT2D eigenvalue weighted by Gasteiger charge is -2.15. The van der Waals surface area contributed by atoms with Crippen molar-refractivity contribution in [1.29, 1.82) is 0 Å². The maximum absolute atomic E-state index is 13.4. The van der Waals surface area contributed by atoms with Crippen LogP contribution in [-0.4, -0.2) is 11.9 Å². The van der Waals surface area contributed by atoms with Crippen molar-refractivity contribution in [1.82, 2.24) is 5.32 Å². The minimum atomic E-state index is -0.464. The lowest BCUT2D eigenvalue weighted by Crippen LogP contribution is -2.34. The number of aryl methyl sites for hydroxylation is 1. The number of benzene rings is 1. The van der Waals surface area contributed by atoms with Crippen molar-refractivity contribution in [2.24, 2.45) is 0 Å². The zero-order valence-corrected chi connectivity index (χ0v) is 10.0. The van der Waals surface area contributed by atoms with E-state index in [0.29, 0.717) is 0 Å². The minimum absolute atomic E-state index is 0.118. The van der Waals surface area contributed by atoms with Gasteiger partial charge in [-0.25, -0.2) is 4.39 Å². The van der Waals surface area contributed by atoms with Gasteiger partial charge in [-0.2, -0.15) is 0 Å². The summed E-state index contributed by atoms with van der Waals surface area (Å²) < 4.78 is 13.4. The lowest BCUT2D eigenvalue weighted by molar-refractivity contribution is 0.0930. The second-order valence-electron chi connectivity index (χ2n) is 3.97. The van der Waals surface area contributed by atoms with Crippen LogP contribution in [0.5, 0.6) is 0 Å². The molecule has 0 aliphatic carbocycles. The molecule has 0 aliphatic heterocycles. The molecule has 3 heteroatoms. The molecule has 0 aromatic heterocycles. The molecule has 0 radical (unpaired) electrons. The fraction of sp³-hybridized carbons (Fsp3) is 0.462. The second kappa shape index (κ2) is 5.64. The summed E-state index contributed by atoms with van der Waals surface area (Å²) in [5.41, 5.74) is 1.02. The van der Waals surface area contributed by atoms with E-state index in [1.807, 2.05) is 20.8 Å². The van der Waals surface area contributed by atoms with Crippen molar-refractivity contribution in [2.45, 2.75) is 39.7 Å². The van der Waals surface area contributed by atoms with Gasteiger partial charge >= 0.3 is 0 Å². The van der Waals surface area contributed by atoms with Crippen LogP contribution in [0.4, 0.5) is 4.39 Å². The predicted molar refractivity (Wildman–Crippen MR) is 63.0 cm³/mol. The van der Waals surface area contributed by atoms with Gasteiger partial charge in [0.15, 0.2) is 0 Å². The summed E-state index contributed by atoms with van der Waals surface area (Å²) in [6.45, 7) is 5.84. The molecule has 16 heavy (non-hydrogen) atoms. The molecule has 0 saturated carbocycles. The van der Waals surface area contributed by atoms with E-state index in [4.69, 9.17) is 0 Å². The van der Waals surface area contributed by atoms with Crippen molar-refractivity contribution in [2.75, 3.05) is 0 Å². The molecule has 1 N–H and O–H groups in total. The van der Waals surface area contributed by atoms with E-state index in [9.17, 15) is 9.18 Å². The highest BCUT2D eigenvalue weighted by Gasteiger charge is 2.14. The maximum atomic E-state index is 13.4. The van der Waals surface area contributed by atoms with Gasteiger partial charge in [-0.15, -0.1) is 0 Å². The highest BCUT2D eigenvalue weighted by atomic mass is 19.1. The number of hydrogen-bond acceptors (Lipinski definition) is 1. The van der Waals surface area contributed by atoms with Gasteiger partial charge in [0.2, 0.25) is 0 Å². The number of halogens is 1. The molecule has 0 bridgehead atoms. The Hall–Kier alpha value is -1.38. The summed E-state index contributed by atoms with van der Waals surface area (Å²) in [6.07, 6.45) is 1.71. The summed E-state index contributed by atoms with van der Waals surface area (Å²) in [5, 5.41) is 2.82. The monoisotopic (exact) mass is 223 g/mol. The smallest absolute Gasteiger partial charge is 0.254 e. The second-order valence-corrected chi connectivity index (χ2v) is 3.97. The van der Waals surface area contributed by atoms with Crippen LogP contribution in [0.3, 0.4) is 0 Å². The van der Waals surface area contributed by atoms with Gasteiger partial charge in [0.05, 0.1) is 5.56 Å². The van der Waals surface area contributed by atoms with Crippen LogP contribution in [0.1, 0.15) is 42.6 Å². The molecule has 1 aromatic rings. The highest BCUT2D eigenvalue weighted by molar-refractivity contribution is 5.94. The molecule has 0 unspecified atom stereocenters. The van der Waals surface area contributed by atoms with Gasteiger partial charge in [-0.1, -0.05) is 25.5 Å². The Morgan fingerprint density at radius 3 is 2.56 bits per heavy atom. The Morgan fingerprint density at radius 2 is 2.00 bits per heavy atom. The third kappa shape index (κ3) is 3.05. The van der Waals surface area contributed by atoms with Crippen LogP contribution in [0, 0.1) is 12.7 Å². The van der Waals surface area contributed by atoms with Gasteiger partial charge in [-0.05, 0) is 31.9 Å². The Bertz CT molecular complexity index is 372. The number of hydrogen-bond donors (Lipinski definition) is 1. The fourth-order valence-corrected chi connectivity index (χ4v) is 1.57. The fourth-order valence-electron chi connectivity index (χ4n) is 1.57. The number of carbonyl (C=O) groups is 1. The van der Waals surface area contributed by atoms with E-state index >= 15 is 0 Å². The Morgan fingerprint density at radius 1 is 1.38 bits per heavy atom. The zero-order chi connectivity index (χ0) is 12.1. The lowest BCUT2D eigenvalue weighted by atomic mass is 10.1. The molecule has 0 fully saturated rings. The SMILES string of the molecule is CCC(CC)NC(=O)c1cc(C)ccc1F. The largest absolute Gasteiger partial charge is 0.349 e. The first kappa shape index (κ1) is 12.7. The van der Waals surface area contributed by atoms with Crippen LogP contribution in [0.2, 0.25) is 0 Å². The molecule has 0 saturated heterocycles. The molecule has 1 amide bonds. The average molecular weight is 223 g/mol. The number of carbonyl (C=O) groups excluding carboxylic acids is 1. The highest BCUT2D eigenvalue weighted by Crippen LogP contribution is 2.10. The van der Waals surface area contributed by atoms with Gasteiger partial charge in [-0.3, -0.25) is 4.79 Å². The Labute approximate surface area is 95.9 Å². The molecule has 0 spiro atoms. The van der Waals surface area contributed by atoms with Crippen molar-refractivity contribution < 1.29 is 9.18 Å². The average Bonchev–Trinajstić information content (AvgIpc) is 2.28. The van der Waals surface area contributed by atoms with Crippen molar-refractivity contribution in [3.8, 4) is 0 Å². The summed E-state index contributed by atoms with van der Waals surface area (Å²) in [4.78, 5) is 11.8. The van der Waals surface area contributed by atoms with Gasteiger partial charge < -0.3 is 5.32 Å². The van der Waals surface area contributed by atoms with E-state index in [1.165, 1.54) is 6.07 Å². The van der Waals surface area contributed by atoms with Gasteiger partial charge in [0.25, 0.3) is 5.91 Å². The van der Waals surface area contributed by atoms with Crippen molar-refractivity contribution in [3.05, 3.63) is 35.1 Å². The number of amides is 1. The molecule has 0 aliphatic rings. The van der Waals surface area contributed by atoms with Gasteiger partial charge in [0.1, 0.15) is 5.82 Å². The first-order chi connectivity index (χ1) is 7.58. The summed E-state index contributed by atoms with van der Waals surface area (Å²) in [6, 6.07) is 4.68. The van der Waals surface area contributed by atoms with Crippen molar-refractivity contribution in [3.63, 3.8) is 0 Å². The van der Waals surface area contributed by atoms with Crippen LogP contribution in [-0.2, 0) is 0 Å². The van der Waals surface area contributed by atoms with Gasteiger partial charge in [0, 0.05) is 6.04 Å². The topological polar surface area (TPSA) is 29.1 Å². The Balaban J connectivity index is 2.83. The summed E-state index contributed by atoms with van der Waals surface area (Å²) >= 11 is 0. The van der Waals surface area contributed by atoms with Crippen LogP contribution >= 0.6 is 0 Å². The Kier molecular flexibility index (Phi) is 4.47. The molecular formula is C13H18FNO.